The molecule has 1 heterocycles. The largest absolute Gasteiger partial charge is 0.391 e. The van der Waals surface area contributed by atoms with Gasteiger partial charge in [-0.25, -0.2) is 0 Å². The molecule has 112 valence electrons. The number of amides is 2. The summed E-state index contributed by atoms with van der Waals surface area (Å²) < 4.78 is 0. The molecule has 0 bridgehead atoms. The first-order valence-corrected chi connectivity index (χ1v) is 7.82. The molecule has 3 unspecified atom stereocenters. The average Bonchev–Trinajstić information content (AvgIpc) is 3.21. The quantitative estimate of drug-likeness (QED) is 0.830. The fraction of sp³-hybridized carbons (Fsp3) is 0.867. The smallest absolute Gasteiger partial charge is 0.228 e. The van der Waals surface area contributed by atoms with Crippen LogP contribution < -0.4 is 0 Å². The van der Waals surface area contributed by atoms with E-state index in [4.69, 9.17) is 0 Å². The van der Waals surface area contributed by atoms with Crippen LogP contribution in [0.2, 0.25) is 0 Å². The van der Waals surface area contributed by atoms with E-state index in [1.54, 1.807) is 11.9 Å². The van der Waals surface area contributed by atoms with Gasteiger partial charge in [-0.1, -0.05) is 12.8 Å². The summed E-state index contributed by atoms with van der Waals surface area (Å²) in [7, 11) is 1.78. The predicted octanol–water partition coefficient (Wildman–Crippen LogP) is 0.759. The zero-order chi connectivity index (χ0) is 14.3. The minimum atomic E-state index is -0.408. The summed E-state index contributed by atoms with van der Waals surface area (Å²) in [4.78, 5) is 28.1. The molecule has 3 fully saturated rings. The van der Waals surface area contributed by atoms with Gasteiger partial charge in [0.2, 0.25) is 11.8 Å². The molecule has 3 atom stereocenters. The van der Waals surface area contributed by atoms with E-state index in [1.165, 1.54) is 0 Å². The molecule has 0 aromatic carbocycles. The average molecular weight is 280 g/mol. The van der Waals surface area contributed by atoms with Crippen LogP contribution in [0, 0.1) is 5.92 Å². The number of aliphatic hydroxyl groups excluding tert-OH is 1. The van der Waals surface area contributed by atoms with Crippen molar-refractivity contribution in [3.8, 4) is 0 Å². The highest BCUT2D eigenvalue weighted by Gasteiger charge is 2.43. The van der Waals surface area contributed by atoms with Gasteiger partial charge >= 0.3 is 0 Å². The van der Waals surface area contributed by atoms with E-state index in [-0.39, 0.29) is 23.8 Å². The van der Waals surface area contributed by atoms with E-state index in [0.29, 0.717) is 19.0 Å². The van der Waals surface area contributed by atoms with Crippen LogP contribution in [0.5, 0.6) is 0 Å². The van der Waals surface area contributed by atoms with Crippen LogP contribution >= 0.6 is 0 Å². The lowest BCUT2D eigenvalue weighted by Crippen LogP contribution is -2.48. The third-order valence-corrected chi connectivity index (χ3v) is 5.03. The van der Waals surface area contributed by atoms with Crippen LogP contribution in [-0.2, 0) is 9.59 Å². The Morgan fingerprint density at radius 1 is 1.25 bits per heavy atom. The van der Waals surface area contributed by atoms with Crippen LogP contribution in [-0.4, -0.2) is 58.5 Å². The molecule has 20 heavy (non-hydrogen) atoms. The van der Waals surface area contributed by atoms with Gasteiger partial charge in [0.05, 0.1) is 18.1 Å². The highest BCUT2D eigenvalue weighted by Crippen LogP contribution is 2.33. The van der Waals surface area contributed by atoms with Gasteiger partial charge in [-0.3, -0.25) is 9.59 Å². The topological polar surface area (TPSA) is 60.9 Å². The molecule has 0 spiro atoms. The molecule has 2 amide bonds. The number of hydrogen-bond donors (Lipinski definition) is 1. The lowest BCUT2D eigenvalue weighted by Gasteiger charge is -2.36. The van der Waals surface area contributed by atoms with Crippen LogP contribution in [0.4, 0.5) is 0 Å². The van der Waals surface area contributed by atoms with Gasteiger partial charge in [-0.05, 0) is 25.7 Å². The molecule has 3 aliphatic rings. The Labute approximate surface area is 119 Å². The first-order valence-electron chi connectivity index (χ1n) is 7.82. The van der Waals surface area contributed by atoms with Gasteiger partial charge in [0.1, 0.15) is 0 Å². The van der Waals surface area contributed by atoms with E-state index in [9.17, 15) is 14.7 Å². The van der Waals surface area contributed by atoms with E-state index < -0.39 is 6.10 Å². The molecule has 2 saturated carbocycles. The van der Waals surface area contributed by atoms with E-state index >= 15 is 0 Å². The zero-order valence-corrected chi connectivity index (χ0v) is 12.1. The maximum Gasteiger partial charge on any atom is 0.228 e. The third kappa shape index (κ3) is 2.55. The number of rotatable bonds is 3. The lowest BCUT2D eigenvalue weighted by molar-refractivity contribution is -0.139. The van der Waals surface area contributed by atoms with E-state index in [2.05, 4.69) is 0 Å². The summed E-state index contributed by atoms with van der Waals surface area (Å²) in [5, 5.41) is 10.1. The molecule has 5 heteroatoms. The highest BCUT2D eigenvalue weighted by atomic mass is 16.3. The molecule has 1 N–H and O–H groups in total. The molecule has 0 aromatic rings. The molecule has 0 aromatic heterocycles. The van der Waals surface area contributed by atoms with E-state index in [1.807, 2.05) is 4.90 Å². The van der Waals surface area contributed by atoms with Gasteiger partial charge in [-0.15, -0.1) is 0 Å². The second-order valence-corrected chi connectivity index (χ2v) is 6.55. The van der Waals surface area contributed by atoms with Gasteiger partial charge < -0.3 is 14.9 Å². The Morgan fingerprint density at radius 2 is 1.95 bits per heavy atom. The van der Waals surface area contributed by atoms with Crippen LogP contribution in [0.25, 0.3) is 0 Å². The molecule has 2 aliphatic carbocycles. The van der Waals surface area contributed by atoms with Gasteiger partial charge in [0.15, 0.2) is 0 Å². The van der Waals surface area contributed by atoms with Crippen molar-refractivity contribution in [2.24, 2.45) is 5.92 Å². The molecular weight excluding hydrogens is 256 g/mol. The van der Waals surface area contributed by atoms with Crippen molar-refractivity contribution in [1.29, 1.82) is 0 Å². The summed E-state index contributed by atoms with van der Waals surface area (Å²) in [6.45, 7) is 0.579. The third-order valence-electron chi connectivity index (χ3n) is 5.03. The highest BCUT2D eigenvalue weighted by molar-refractivity contribution is 5.89. The monoisotopic (exact) mass is 280 g/mol. The molecule has 5 nitrogen and oxygen atoms in total. The molecule has 0 radical (unpaired) electrons. The Hall–Kier alpha value is -1.10. The van der Waals surface area contributed by atoms with Gasteiger partial charge in [0, 0.05) is 26.1 Å². The number of carbonyl (C=O) groups is 2. The standard InChI is InChI=1S/C15H24N2O3/c1-16(12-4-2-3-5-13(12)18)15(20)10-8-14(19)17(9-10)11-6-7-11/h10-13,18H,2-9H2,1H3. The second kappa shape index (κ2) is 5.35. The molecule has 1 aliphatic heterocycles. The normalized spacial score (nSPS) is 34.4. The number of aliphatic hydroxyl groups is 1. The number of likely N-dealkylation sites (N-methyl/N-ethyl adjacent to an activating group) is 1. The Balaban J connectivity index is 1.61. The lowest BCUT2D eigenvalue weighted by atomic mass is 9.91. The Bertz CT molecular complexity index is 408. The number of likely N-dealkylation sites (tertiary alicyclic amines) is 1. The Kier molecular flexibility index (Phi) is 3.71. The minimum absolute atomic E-state index is 0.0347. The van der Waals surface area contributed by atoms with Crippen molar-refractivity contribution in [1.82, 2.24) is 9.80 Å². The second-order valence-electron chi connectivity index (χ2n) is 6.55. The first-order chi connectivity index (χ1) is 9.58. The molecule has 3 rings (SSSR count). The fourth-order valence-corrected chi connectivity index (χ4v) is 3.63. The number of carbonyl (C=O) groups excluding carboxylic acids is 2. The summed E-state index contributed by atoms with van der Waals surface area (Å²) in [5.41, 5.74) is 0. The van der Waals surface area contributed by atoms with Crippen molar-refractivity contribution in [3.63, 3.8) is 0 Å². The first kappa shape index (κ1) is 13.9. The summed E-state index contributed by atoms with van der Waals surface area (Å²) >= 11 is 0. The number of hydrogen-bond acceptors (Lipinski definition) is 3. The Morgan fingerprint density at radius 3 is 2.60 bits per heavy atom. The van der Waals surface area contributed by atoms with Crippen LogP contribution in [0.3, 0.4) is 0 Å². The minimum Gasteiger partial charge on any atom is -0.391 e. The summed E-state index contributed by atoms with van der Waals surface area (Å²) in [6, 6.07) is 0.326. The van der Waals surface area contributed by atoms with Crippen molar-refractivity contribution < 1.29 is 14.7 Å². The summed E-state index contributed by atoms with van der Waals surface area (Å²) in [6.07, 6.45) is 5.87. The molecular formula is C15H24N2O3. The fourth-order valence-electron chi connectivity index (χ4n) is 3.63. The van der Waals surface area contributed by atoms with Crippen molar-refractivity contribution in [3.05, 3.63) is 0 Å². The summed E-state index contributed by atoms with van der Waals surface area (Å²) in [5.74, 6) is -0.0434. The number of nitrogens with zero attached hydrogens (tertiary/aromatic N) is 2. The predicted molar refractivity (Wildman–Crippen MR) is 73.9 cm³/mol. The molecule has 1 saturated heterocycles. The van der Waals surface area contributed by atoms with E-state index in [0.717, 1.165) is 38.5 Å². The van der Waals surface area contributed by atoms with Crippen molar-refractivity contribution in [2.45, 2.75) is 63.1 Å². The van der Waals surface area contributed by atoms with Crippen molar-refractivity contribution >= 4 is 11.8 Å². The van der Waals surface area contributed by atoms with Crippen LogP contribution in [0.15, 0.2) is 0 Å². The van der Waals surface area contributed by atoms with Gasteiger partial charge in [-0.2, -0.15) is 0 Å². The maximum absolute atomic E-state index is 12.6. The maximum atomic E-state index is 12.6. The van der Waals surface area contributed by atoms with Gasteiger partial charge in [0.25, 0.3) is 0 Å². The van der Waals surface area contributed by atoms with Crippen molar-refractivity contribution in [2.75, 3.05) is 13.6 Å². The SMILES string of the molecule is CN(C(=O)C1CC(=O)N(C2CC2)C1)C1CCCCC1O. The van der Waals surface area contributed by atoms with Crippen LogP contribution in [0.1, 0.15) is 44.9 Å². The zero-order valence-electron chi connectivity index (χ0n) is 12.1.